The minimum absolute atomic E-state index is 0.0167. The minimum atomic E-state index is -0.191. The highest BCUT2D eigenvalue weighted by Gasteiger charge is 2.27. The summed E-state index contributed by atoms with van der Waals surface area (Å²) < 4.78 is 14.2. The largest absolute Gasteiger partial charge is 0.330 e. The van der Waals surface area contributed by atoms with Crippen molar-refractivity contribution in [2.45, 2.75) is 32.4 Å². The van der Waals surface area contributed by atoms with E-state index in [1.54, 1.807) is 12.1 Å². The van der Waals surface area contributed by atoms with Crippen LogP contribution in [0.15, 0.2) is 18.2 Å². The third-order valence-electron chi connectivity index (χ3n) is 4.28. The molecule has 118 valence electrons. The zero-order chi connectivity index (χ0) is 15.4. The van der Waals surface area contributed by atoms with E-state index in [-0.39, 0.29) is 11.9 Å². The topological polar surface area (TPSA) is 32.5 Å². The Morgan fingerprint density at radius 1 is 1.19 bits per heavy atom. The van der Waals surface area contributed by atoms with Crippen LogP contribution in [0.4, 0.5) is 4.39 Å². The van der Waals surface area contributed by atoms with Crippen molar-refractivity contribution >= 4 is 11.6 Å². The van der Waals surface area contributed by atoms with Crippen LogP contribution >= 0.6 is 11.6 Å². The molecule has 0 unspecified atom stereocenters. The number of benzene rings is 1. The van der Waals surface area contributed by atoms with Crippen LogP contribution in [0.5, 0.6) is 0 Å². The van der Waals surface area contributed by atoms with Crippen LogP contribution < -0.4 is 5.73 Å². The Morgan fingerprint density at radius 2 is 1.81 bits per heavy atom. The molecule has 1 aliphatic heterocycles. The summed E-state index contributed by atoms with van der Waals surface area (Å²) in [7, 11) is 0. The quantitative estimate of drug-likeness (QED) is 0.907. The highest BCUT2D eigenvalue weighted by atomic mass is 35.5. The van der Waals surface area contributed by atoms with Crippen LogP contribution in [-0.4, -0.2) is 48.6 Å². The van der Waals surface area contributed by atoms with E-state index in [1.165, 1.54) is 6.07 Å². The molecule has 1 atom stereocenters. The van der Waals surface area contributed by atoms with Crippen molar-refractivity contribution in [3.8, 4) is 0 Å². The van der Waals surface area contributed by atoms with Gasteiger partial charge in [-0.1, -0.05) is 11.6 Å². The van der Waals surface area contributed by atoms with Crippen LogP contribution in [-0.2, 0) is 0 Å². The fraction of sp³-hybridized carbons (Fsp3) is 0.625. The molecule has 0 amide bonds. The van der Waals surface area contributed by atoms with Crippen molar-refractivity contribution in [2.24, 2.45) is 5.73 Å². The molecule has 0 spiro atoms. The molecule has 1 aromatic carbocycles. The SMILES string of the molecule is CC(C)N1CCN([C@@H](CCN)c2cc(Cl)ccc2F)CC1. The van der Waals surface area contributed by atoms with Crippen molar-refractivity contribution < 1.29 is 4.39 Å². The third-order valence-corrected chi connectivity index (χ3v) is 4.51. The average molecular weight is 314 g/mol. The average Bonchev–Trinajstić information content (AvgIpc) is 2.48. The van der Waals surface area contributed by atoms with Gasteiger partial charge in [-0.25, -0.2) is 4.39 Å². The molecule has 1 heterocycles. The monoisotopic (exact) mass is 313 g/mol. The number of rotatable bonds is 5. The Balaban J connectivity index is 2.14. The molecule has 0 radical (unpaired) electrons. The highest BCUT2D eigenvalue weighted by Crippen LogP contribution is 2.29. The van der Waals surface area contributed by atoms with Gasteiger partial charge in [-0.05, 0) is 45.0 Å². The first kappa shape index (κ1) is 16.7. The van der Waals surface area contributed by atoms with Crippen LogP contribution in [0.3, 0.4) is 0 Å². The molecule has 5 heteroatoms. The third kappa shape index (κ3) is 4.16. The van der Waals surface area contributed by atoms with E-state index in [2.05, 4.69) is 23.6 Å². The van der Waals surface area contributed by atoms with Gasteiger partial charge in [0.1, 0.15) is 5.82 Å². The maximum atomic E-state index is 14.2. The number of nitrogens with two attached hydrogens (primary N) is 1. The summed E-state index contributed by atoms with van der Waals surface area (Å²) in [6.45, 7) is 8.87. The predicted molar refractivity (Wildman–Crippen MR) is 86.1 cm³/mol. The molecule has 21 heavy (non-hydrogen) atoms. The van der Waals surface area contributed by atoms with E-state index in [9.17, 15) is 4.39 Å². The summed E-state index contributed by atoms with van der Waals surface area (Å²) in [5.74, 6) is -0.191. The van der Waals surface area contributed by atoms with Gasteiger partial charge in [-0.15, -0.1) is 0 Å². The fourth-order valence-electron chi connectivity index (χ4n) is 3.03. The number of hydrogen-bond acceptors (Lipinski definition) is 3. The number of piperazine rings is 1. The van der Waals surface area contributed by atoms with Gasteiger partial charge in [0.2, 0.25) is 0 Å². The highest BCUT2D eigenvalue weighted by molar-refractivity contribution is 6.30. The molecule has 0 bridgehead atoms. The molecular weight excluding hydrogens is 289 g/mol. The van der Waals surface area contributed by atoms with Gasteiger partial charge in [0.05, 0.1) is 0 Å². The van der Waals surface area contributed by atoms with Crippen molar-refractivity contribution in [2.75, 3.05) is 32.7 Å². The second-order valence-electron chi connectivity index (χ2n) is 5.92. The van der Waals surface area contributed by atoms with E-state index in [0.717, 1.165) is 32.6 Å². The van der Waals surface area contributed by atoms with E-state index in [4.69, 9.17) is 17.3 Å². The van der Waals surface area contributed by atoms with Gasteiger partial charge < -0.3 is 5.73 Å². The van der Waals surface area contributed by atoms with E-state index in [0.29, 0.717) is 23.2 Å². The summed E-state index contributed by atoms with van der Waals surface area (Å²) in [6, 6.07) is 5.36. The molecular formula is C16H25ClFN3. The number of nitrogens with zero attached hydrogens (tertiary/aromatic N) is 2. The summed E-state index contributed by atoms with van der Waals surface area (Å²) >= 11 is 6.04. The normalized spacial score (nSPS) is 19.1. The minimum Gasteiger partial charge on any atom is -0.330 e. The van der Waals surface area contributed by atoms with Crippen molar-refractivity contribution in [1.82, 2.24) is 9.80 Å². The van der Waals surface area contributed by atoms with Crippen LogP contribution in [0.25, 0.3) is 0 Å². The predicted octanol–water partition coefficient (Wildman–Crippen LogP) is 2.90. The van der Waals surface area contributed by atoms with Gasteiger partial charge in [-0.3, -0.25) is 9.80 Å². The Labute approximate surface area is 131 Å². The first-order valence-corrected chi connectivity index (χ1v) is 8.04. The van der Waals surface area contributed by atoms with Crippen molar-refractivity contribution in [1.29, 1.82) is 0 Å². The van der Waals surface area contributed by atoms with Crippen molar-refractivity contribution in [3.63, 3.8) is 0 Å². The van der Waals surface area contributed by atoms with Crippen molar-refractivity contribution in [3.05, 3.63) is 34.6 Å². The number of halogens is 2. The lowest BCUT2D eigenvalue weighted by Gasteiger charge is -2.41. The second kappa shape index (κ2) is 7.54. The Kier molecular flexibility index (Phi) is 5.99. The Hall–Kier alpha value is -0.680. The van der Waals surface area contributed by atoms with E-state index >= 15 is 0 Å². The fourth-order valence-corrected chi connectivity index (χ4v) is 3.21. The first-order valence-electron chi connectivity index (χ1n) is 7.66. The maximum Gasteiger partial charge on any atom is 0.128 e. The molecule has 0 saturated carbocycles. The lowest BCUT2D eigenvalue weighted by atomic mass is 10.00. The number of hydrogen-bond donors (Lipinski definition) is 1. The molecule has 1 saturated heterocycles. The molecule has 0 aliphatic carbocycles. The summed E-state index contributed by atoms with van der Waals surface area (Å²) in [5.41, 5.74) is 6.42. The van der Waals surface area contributed by atoms with E-state index in [1.807, 2.05) is 0 Å². The molecule has 2 N–H and O–H groups in total. The molecule has 3 nitrogen and oxygen atoms in total. The smallest absolute Gasteiger partial charge is 0.128 e. The summed E-state index contributed by atoms with van der Waals surface area (Å²) in [4.78, 5) is 4.78. The maximum absolute atomic E-state index is 14.2. The first-order chi connectivity index (χ1) is 10.0. The lowest BCUT2D eigenvalue weighted by molar-refractivity contribution is 0.0742. The second-order valence-corrected chi connectivity index (χ2v) is 6.36. The molecule has 1 aliphatic rings. The van der Waals surface area contributed by atoms with Gasteiger partial charge in [0.25, 0.3) is 0 Å². The van der Waals surface area contributed by atoms with Crippen LogP contribution in [0.1, 0.15) is 31.9 Å². The van der Waals surface area contributed by atoms with E-state index < -0.39 is 0 Å². The molecule has 0 aromatic heterocycles. The lowest BCUT2D eigenvalue weighted by Crippen LogP contribution is -2.50. The summed E-state index contributed by atoms with van der Waals surface area (Å²) in [5, 5.41) is 0.578. The van der Waals surface area contributed by atoms with Crippen LogP contribution in [0.2, 0.25) is 5.02 Å². The Morgan fingerprint density at radius 3 is 2.38 bits per heavy atom. The van der Waals surface area contributed by atoms with Gasteiger partial charge in [0.15, 0.2) is 0 Å². The van der Waals surface area contributed by atoms with Crippen LogP contribution in [0, 0.1) is 5.82 Å². The molecule has 1 aromatic rings. The zero-order valence-electron chi connectivity index (χ0n) is 12.9. The van der Waals surface area contributed by atoms with Gasteiger partial charge in [-0.2, -0.15) is 0 Å². The summed E-state index contributed by atoms with van der Waals surface area (Å²) in [6.07, 6.45) is 0.749. The van der Waals surface area contributed by atoms with Gasteiger partial charge in [0, 0.05) is 48.8 Å². The Bertz CT molecular complexity index is 459. The molecule has 2 rings (SSSR count). The standard InChI is InChI=1S/C16H25ClFN3/c1-12(2)20-7-9-21(10-8-20)16(5-6-19)14-11-13(17)3-4-15(14)18/h3-4,11-12,16H,5-10,19H2,1-2H3/t16-/m0/s1. The zero-order valence-corrected chi connectivity index (χ0v) is 13.6. The molecule has 1 fully saturated rings. The van der Waals surface area contributed by atoms with Gasteiger partial charge >= 0.3 is 0 Å².